The zero-order valence-corrected chi connectivity index (χ0v) is 22.9. The molecule has 0 saturated heterocycles. The standard InChI is InChI=1S/C34H35N3O4/c35-21-22-36-32(39)30-19-8-7-18-29(30)27-15-9-14-26(23-27)24-34(33(40)41,28-16-5-2-6-17-28)37-31(38)20-10-13-25-11-3-1-4-12-25/h1-9,11-12,14-19,23H,10,13,20-22,24,35H2,(H,36,39)(H,37,38)(H,40,41). The van der Waals surface area contributed by atoms with Crippen LogP contribution >= 0.6 is 0 Å². The number of rotatable bonds is 13. The smallest absolute Gasteiger partial charge is 0.334 e. The van der Waals surface area contributed by atoms with Gasteiger partial charge in [-0.1, -0.05) is 103 Å². The van der Waals surface area contributed by atoms with E-state index in [2.05, 4.69) is 10.6 Å². The summed E-state index contributed by atoms with van der Waals surface area (Å²) in [7, 11) is 0. The molecule has 210 valence electrons. The lowest BCUT2D eigenvalue weighted by Crippen LogP contribution is -2.53. The molecule has 0 spiro atoms. The molecular formula is C34H35N3O4. The molecule has 0 saturated carbocycles. The number of aryl methyl sites for hydroxylation is 1. The molecule has 5 N–H and O–H groups in total. The number of nitrogens with two attached hydrogens (primary N) is 1. The number of carboxylic acid groups (broad SMARTS) is 1. The Morgan fingerprint density at radius 2 is 1.44 bits per heavy atom. The summed E-state index contributed by atoms with van der Waals surface area (Å²) >= 11 is 0. The van der Waals surface area contributed by atoms with Crippen LogP contribution < -0.4 is 16.4 Å². The highest BCUT2D eigenvalue weighted by Gasteiger charge is 2.42. The predicted molar refractivity (Wildman–Crippen MR) is 160 cm³/mol. The summed E-state index contributed by atoms with van der Waals surface area (Å²) in [6.45, 7) is 0.689. The summed E-state index contributed by atoms with van der Waals surface area (Å²) in [6.07, 6.45) is 1.53. The molecule has 0 aliphatic heterocycles. The van der Waals surface area contributed by atoms with Crippen LogP contribution in [0.4, 0.5) is 0 Å². The van der Waals surface area contributed by atoms with Crippen molar-refractivity contribution in [3.8, 4) is 11.1 Å². The topological polar surface area (TPSA) is 122 Å². The monoisotopic (exact) mass is 549 g/mol. The summed E-state index contributed by atoms with van der Waals surface area (Å²) in [5.74, 6) is -1.71. The summed E-state index contributed by atoms with van der Waals surface area (Å²) < 4.78 is 0. The summed E-state index contributed by atoms with van der Waals surface area (Å²) in [5, 5.41) is 16.3. The fourth-order valence-corrected chi connectivity index (χ4v) is 4.96. The molecule has 4 aromatic carbocycles. The molecular weight excluding hydrogens is 514 g/mol. The number of benzene rings is 4. The molecule has 4 rings (SSSR count). The Bertz CT molecular complexity index is 1470. The first-order chi connectivity index (χ1) is 19.9. The third kappa shape index (κ3) is 7.47. The van der Waals surface area contributed by atoms with E-state index in [1.165, 1.54) is 0 Å². The van der Waals surface area contributed by atoms with Gasteiger partial charge < -0.3 is 21.5 Å². The highest BCUT2D eigenvalue weighted by Crippen LogP contribution is 2.30. The molecule has 7 heteroatoms. The van der Waals surface area contributed by atoms with Gasteiger partial charge in [0, 0.05) is 31.5 Å². The van der Waals surface area contributed by atoms with Crippen molar-refractivity contribution in [3.63, 3.8) is 0 Å². The largest absolute Gasteiger partial charge is 0.479 e. The maximum absolute atomic E-state index is 13.2. The zero-order valence-electron chi connectivity index (χ0n) is 22.9. The van der Waals surface area contributed by atoms with Gasteiger partial charge in [0.15, 0.2) is 5.54 Å². The van der Waals surface area contributed by atoms with Crippen molar-refractivity contribution in [3.05, 3.63) is 131 Å². The highest BCUT2D eigenvalue weighted by molar-refractivity contribution is 6.01. The minimum absolute atomic E-state index is 0.0200. The number of carbonyl (C=O) groups is 3. The summed E-state index contributed by atoms with van der Waals surface area (Å²) in [5.41, 5.74) is 8.17. The van der Waals surface area contributed by atoms with E-state index >= 15 is 0 Å². The van der Waals surface area contributed by atoms with Crippen molar-refractivity contribution in [2.45, 2.75) is 31.2 Å². The number of hydrogen-bond acceptors (Lipinski definition) is 4. The second-order valence-electron chi connectivity index (χ2n) is 9.93. The van der Waals surface area contributed by atoms with Gasteiger partial charge in [-0.3, -0.25) is 9.59 Å². The van der Waals surface area contributed by atoms with Gasteiger partial charge in [0.25, 0.3) is 5.91 Å². The van der Waals surface area contributed by atoms with Crippen LogP contribution in [0.3, 0.4) is 0 Å². The molecule has 41 heavy (non-hydrogen) atoms. The van der Waals surface area contributed by atoms with Crippen LogP contribution in [0.15, 0.2) is 109 Å². The lowest BCUT2D eigenvalue weighted by atomic mass is 9.82. The van der Waals surface area contributed by atoms with Gasteiger partial charge in [-0.25, -0.2) is 4.79 Å². The first-order valence-electron chi connectivity index (χ1n) is 13.7. The Morgan fingerprint density at radius 1 is 0.780 bits per heavy atom. The number of hydrogen-bond donors (Lipinski definition) is 4. The van der Waals surface area contributed by atoms with Crippen LogP contribution in [0.25, 0.3) is 11.1 Å². The molecule has 1 unspecified atom stereocenters. The fourth-order valence-electron chi connectivity index (χ4n) is 4.96. The molecule has 0 radical (unpaired) electrons. The maximum atomic E-state index is 13.2. The van der Waals surface area contributed by atoms with Gasteiger partial charge >= 0.3 is 5.97 Å². The van der Waals surface area contributed by atoms with Crippen molar-refractivity contribution in [1.29, 1.82) is 0 Å². The van der Waals surface area contributed by atoms with Gasteiger partial charge in [-0.05, 0) is 46.7 Å². The average Bonchev–Trinajstić information content (AvgIpc) is 3.00. The second kappa shape index (κ2) is 14.1. The second-order valence-corrected chi connectivity index (χ2v) is 9.93. The van der Waals surface area contributed by atoms with Crippen LogP contribution in [-0.4, -0.2) is 36.0 Å². The number of amides is 2. The SMILES string of the molecule is NCCNC(=O)c1ccccc1-c1cccc(CC(NC(=O)CCCc2ccccc2)(C(=O)O)c2ccccc2)c1. The molecule has 0 fully saturated rings. The highest BCUT2D eigenvalue weighted by atomic mass is 16.4. The van der Waals surface area contributed by atoms with Gasteiger partial charge in [0.05, 0.1) is 0 Å². The molecule has 2 amide bonds. The van der Waals surface area contributed by atoms with Gasteiger partial charge in [0.2, 0.25) is 5.91 Å². The zero-order chi connectivity index (χ0) is 29.1. The molecule has 0 heterocycles. The molecule has 0 bridgehead atoms. The van der Waals surface area contributed by atoms with Crippen LogP contribution in [0.2, 0.25) is 0 Å². The van der Waals surface area contributed by atoms with Crippen molar-refractivity contribution >= 4 is 17.8 Å². The van der Waals surface area contributed by atoms with Gasteiger partial charge in [-0.2, -0.15) is 0 Å². The van der Waals surface area contributed by atoms with E-state index in [0.29, 0.717) is 36.2 Å². The number of carboxylic acids is 1. The first kappa shape index (κ1) is 29.2. The molecule has 0 aliphatic rings. The Labute approximate surface area is 240 Å². The third-order valence-corrected chi connectivity index (χ3v) is 7.01. The first-order valence-corrected chi connectivity index (χ1v) is 13.7. The van der Waals surface area contributed by atoms with Crippen molar-refractivity contribution in [1.82, 2.24) is 10.6 Å². The molecule has 1 atom stereocenters. The van der Waals surface area contributed by atoms with Crippen molar-refractivity contribution < 1.29 is 19.5 Å². The van der Waals surface area contributed by atoms with E-state index in [-0.39, 0.29) is 24.7 Å². The Balaban J connectivity index is 1.62. The number of aliphatic carboxylic acids is 1. The fraction of sp³-hybridized carbons (Fsp3) is 0.206. The molecule has 0 aliphatic carbocycles. The Morgan fingerprint density at radius 3 is 2.15 bits per heavy atom. The molecule has 4 aromatic rings. The predicted octanol–water partition coefficient (Wildman–Crippen LogP) is 4.70. The van der Waals surface area contributed by atoms with E-state index in [0.717, 1.165) is 23.1 Å². The van der Waals surface area contributed by atoms with E-state index in [9.17, 15) is 19.5 Å². The van der Waals surface area contributed by atoms with Crippen LogP contribution in [0, 0.1) is 0 Å². The van der Waals surface area contributed by atoms with E-state index in [1.54, 1.807) is 36.4 Å². The lowest BCUT2D eigenvalue weighted by Gasteiger charge is -2.31. The lowest BCUT2D eigenvalue weighted by molar-refractivity contribution is -0.148. The van der Waals surface area contributed by atoms with E-state index < -0.39 is 11.5 Å². The normalized spacial score (nSPS) is 12.2. The van der Waals surface area contributed by atoms with Crippen molar-refractivity contribution in [2.24, 2.45) is 5.73 Å². The van der Waals surface area contributed by atoms with Gasteiger partial charge in [0.1, 0.15) is 0 Å². The Kier molecular flexibility index (Phi) is 10.0. The van der Waals surface area contributed by atoms with Gasteiger partial charge in [-0.15, -0.1) is 0 Å². The summed E-state index contributed by atoms with van der Waals surface area (Å²) in [6, 6.07) is 33.3. The van der Waals surface area contributed by atoms with E-state index in [1.807, 2.05) is 72.8 Å². The average molecular weight is 550 g/mol. The van der Waals surface area contributed by atoms with E-state index in [4.69, 9.17) is 5.73 Å². The molecule has 0 aromatic heterocycles. The molecule has 7 nitrogen and oxygen atoms in total. The summed E-state index contributed by atoms with van der Waals surface area (Å²) in [4.78, 5) is 39.0. The number of carbonyl (C=O) groups excluding carboxylic acids is 2. The number of nitrogens with one attached hydrogen (secondary N) is 2. The quantitative estimate of drug-likeness (QED) is 0.193. The van der Waals surface area contributed by atoms with Crippen LogP contribution in [-0.2, 0) is 28.0 Å². The van der Waals surface area contributed by atoms with Crippen molar-refractivity contribution in [2.75, 3.05) is 13.1 Å². The third-order valence-electron chi connectivity index (χ3n) is 7.01. The maximum Gasteiger partial charge on any atom is 0.334 e. The Hall–Kier alpha value is -4.75. The van der Waals surface area contributed by atoms with Crippen LogP contribution in [0.1, 0.15) is 39.9 Å². The van der Waals surface area contributed by atoms with Crippen LogP contribution in [0.5, 0.6) is 0 Å². The minimum atomic E-state index is -1.68. The minimum Gasteiger partial charge on any atom is -0.479 e.